The van der Waals surface area contributed by atoms with Gasteiger partial charge in [0.1, 0.15) is 6.61 Å². The summed E-state index contributed by atoms with van der Waals surface area (Å²) in [5, 5.41) is 8.84. The van der Waals surface area contributed by atoms with Crippen LogP contribution in [0.4, 0.5) is 0 Å². The number of hydrogen-bond donors (Lipinski definition) is 1. The Morgan fingerprint density at radius 3 is 2.31 bits per heavy atom. The van der Waals surface area contributed by atoms with Gasteiger partial charge in [-0.2, -0.15) is 5.10 Å². The van der Waals surface area contributed by atoms with Crippen LogP contribution in [0, 0.1) is 0 Å². The summed E-state index contributed by atoms with van der Waals surface area (Å²) in [6, 6.07) is 15.0. The Morgan fingerprint density at radius 1 is 1.06 bits per heavy atom. The lowest BCUT2D eigenvalue weighted by Crippen LogP contribution is -2.34. The van der Waals surface area contributed by atoms with Crippen molar-refractivity contribution in [1.82, 2.24) is 10.3 Å². The molecule has 7 nitrogen and oxygen atoms in total. The minimum atomic E-state index is -0.592. The van der Waals surface area contributed by atoms with Crippen LogP contribution in [0.15, 0.2) is 65.4 Å². The Labute approximate surface area is 208 Å². The molecule has 7 heteroatoms. The van der Waals surface area contributed by atoms with E-state index in [-0.39, 0.29) is 24.3 Å². The number of carbonyl (C=O) groups excluding carboxylic acids is 2. The summed E-state index contributed by atoms with van der Waals surface area (Å²) < 4.78 is 11.3. The summed E-state index contributed by atoms with van der Waals surface area (Å²) in [4.78, 5) is 26.0. The number of methoxy groups -OCH3 is 1. The fraction of sp³-hybridized carbons (Fsp3) is 0.321. The minimum Gasteiger partial charge on any atom is -0.486 e. The lowest BCUT2D eigenvalue weighted by molar-refractivity contribution is -0.137. The molecule has 1 heterocycles. The molecule has 35 heavy (non-hydrogen) atoms. The van der Waals surface area contributed by atoms with E-state index in [2.05, 4.69) is 10.4 Å². The molecule has 0 saturated carbocycles. The van der Waals surface area contributed by atoms with Gasteiger partial charge in [-0.25, -0.2) is 9.80 Å². The number of esters is 1. The molecule has 0 bridgehead atoms. The van der Waals surface area contributed by atoms with E-state index in [0.717, 1.165) is 5.56 Å². The average Bonchev–Trinajstić information content (AvgIpc) is 2.87. The van der Waals surface area contributed by atoms with Crippen molar-refractivity contribution in [3.63, 3.8) is 0 Å². The number of amides is 1. The first-order chi connectivity index (χ1) is 16.9. The second-order valence-electron chi connectivity index (χ2n) is 7.66. The van der Waals surface area contributed by atoms with Gasteiger partial charge in [0.25, 0.3) is 5.91 Å². The van der Waals surface area contributed by atoms with E-state index in [1.165, 1.54) is 12.1 Å². The molecule has 1 N–H and O–H groups in total. The van der Waals surface area contributed by atoms with Crippen LogP contribution in [-0.2, 0) is 20.9 Å². The second kappa shape index (κ2) is 13.1. The van der Waals surface area contributed by atoms with Gasteiger partial charge in [0.15, 0.2) is 11.5 Å². The van der Waals surface area contributed by atoms with Gasteiger partial charge in [-0.15, -0.1) is 0 Å². The lowest BCUT2D eigenvalue weighted by atomic mass is 9.91. The van der Waals surface area contributed by atoms with Crippen molar-refractivity contribution >= 4 is 29.5 Å². The minimum absolute atomic E-state index is 0.0364. The van der Waals surface area contributed by atoms with Gasteiger partial charge in [-0.1, -0.05) is 62.4 Å². The Kier molecular flexibility index (Phi) is 10.3. The summed E-state index contributed by atoms with van der Waals surface area (Å²) >= 11 is 0. The summed E-state index contributed by atoms with van der Waals surface area (Å²) in [6.45, 7) is 11.6. The number of ether oxygens (including phenoxy) is 2. The largest absolute Gasteiger partial charge is 0.486 e. The van der Waals surface area contributed by atoms with Crippen molar-refractivity contribution < 1.29 is 19.1 Å². The quantitative estimate of drug-likeness (QED) is 0.415. The molecule has 3 rings (SSSR count). The number of hydrazone groups is 1. The molecular formula is C28H35N3O4. The molecule has 2 aromatic rings. The van der Waals surface area contributed by atoms with Gasteiger partial charge in [-0.05, 0) is 39.3 Å². The molecule has 0 spiro atoms. The standard InChI is InChI=1S/C26H29N3O4.C2H6/c1-6-21-22-19(14-11-15-20(22)25(30)28-17(3)4)24(33-16-18-12-9-8-10-13-18)23(26(31)32-5)29(21)27-7-2;1-2/h6-15,17H,16H2,1-5H3,(H,28,30);1-2H3/b21-6+,27-7-;. The second-order valence-corrected chi connectivity index (χ2v) is 7.66. The molecule has 0 aliphatic carbocycles. The van der Waals surface area contributed by atoms with Crippen molar-refractivity contribution in [2.75, 3.05) is 7.11 Å². The fourth-order valence-electron chi connectivity index (χ4n) is 3.65. The van der Waals surface area contributed by atoms with E-state index in [9.17, 15) is 9.59 Å². The maximum absolute atomic E-state index is 13.1. The molecule has 0 fully saturated rings. The zero-order valence-electron chi connectivity index (χ0n) is 21.6. The van der Waals surface area contributed by atoms with E-state index in [4.69, 9.17) is 9.47 Å². The van der Waals surface area contributed by atoms with Crippen molar-refractivity contribution in [1.29, 1.82) is 0 Å². The van der Waals surface area contributed by atoms with E-state index >= 15 is 0 Å². The molecule has 0 aromatic heterocycles. The third kappa shape index (κ3) is 6.18. The molecule has 1 aliphatic rings. The first-order valence-corrected chi connectivity index (χ1v) is 11.8. The number of allylic oxidation sites excluding steroid dienone is 1. The first kappa shape index (κ1) is 27.4. The summed E-state index contributed by atoms with van der Waals surface area (Å²) in [7, 11) is 1.31. The fourth-order valence-corrected chi connectivity index (χ4v) is 3.65. The van der Waals surface area contributed by atoms with E-state index in [1.54, 1.807) is 25.3 Å². The normalized spacial score (nSPS) is 13.9. The smallest absolute Gasteiger partial charge is 0.360 e. The highest BCUT2D eigenvalue weighted by molar-refractivity contribution is 6.06. The van der Waals surface area contributed by atoms with E-state index in [1.807, 2.05) is 77.1 Å². The van der Waals surface area contributed by atoms with Crippen molar-refractivity contribution in [3.05, 3.63) is 82.6 Å². The highest BCUT2D eigenvalue weighted by Crippen LogP contribution is 2.41. The molecule has 0 radical (unpaired) electrons. The summed E-state index contributed by atoms with van der Waals surface area (Å²) in [5.41, 5.74) is 3.40. The van der Waals surface area contributed by atoms with E-state index in [0.29, 0.717) is 28.1 Å². The Bertz CT molecular complexity index is 1120. The zero-order valence-corrected chi connectivity index (χ0v) is 21.6. The van der Waals surface area contributed by atoms with Crippen molar-refractivity contribution in [2.45, 2.75) is 54.2 Å². The predicted molar refractivity (Wildman–Crippen MR) is 140 cm³/mol. The topological polar surface area (TPSA) is 80.2 Å². The SMILES string of the molecule is C/C=N\N1C(C(=O)OC)=C(OCc2ccccc2)c2cccc(C(=O)NC(C)C)c2/C1=C\C.CC. The number of nitrogens with one attached hydrogen (secondary N) is 1. The number of carbonyl (C=O) groups is 2. The molecule has 2 aromatic carbocycles. The molecule has 0 atom stereocenters. The maximum atomic E-state index is 13.1. The average molecular weight is 478 g/mol. The number of rotatable bonds is 7. The van der Waals surface area contributed by atoms with Gasteiger partial charge in [0, 0.05) is 28.9 Å². The summed E-state index contributed by atoms with van der Waals surface area (Å²) in [5.74, 6) is -0.507. The maximum Gasteiger partial charge on any atom is 0.360 e. The van der Waals surface area contributed by atoms with Crippen LogP contribution >= 0.6 is 0 Å². The highest BCUT2D eigenvalue weighted by Gasteiger charge is 2.37. The van der Waals surface area contributed by atoms with Crippen LogP contribution < -0.4 is 5.32 Å². The number of benzene rings is 2. The van der Waals surface area contributed by atoms with Gasteiger partial charge in [0.05, 0.1) is 12.8 Å². The van der Waals surface area contributed by atoms with Crippen LogP contribution in [0.1, 0.15) is 68.6 Å². The molecule has 1 aliphatic heterocycles. The van der Waals surface area contributed by atoms with Crippen LogP contribution in [0.25, 0.3) is 11.5 Å². The van der Waals surface area contributed by atoms with Crippen LogP contribution in [0.5, 0.6) is 0 Å². The van der Waals surface area contributed by atoms with Gasteiger partial charge in [-0.3, -0.25) is 4.79 Å². The molecule has 1 amide bonds. The molecule has 0 saturated heterocycles. The van der Waals surface area contributed by atoms with Gasteiger partial charge < -0.3 is 14.8 Å². The van der Waals surface area contributed by atoms with Crippen molar-refractivity contribution in [2.24, 2.45) is 5.10 Å². The number of fused-ring (bicyclic) bond motifs is 1. The third-order valence-corrected chi connectivity index (χ3v) is 4.99. The predicted octanol–water partition coefficient (Wildman–Crippen LogP) is 5.59. The van der Waals surface area contributed by atoms with Gasteiger partial charge in [0.2, 0.25) is 0 Å². The first-order valence-electron chi connectivity index (χ1n) is 11.8. The number of nitrogens with zero attached hydrogens (tertiary/aromatic N) is 2. The highest BCUT2D eigenvalue weighted by atomic mass is 16.5. The lowest BCUT2D eigenvalue weighted by Gasteiger charge is -2.33. The van der Waals surface area contributed by atoms with Gasteiger partial charge >= 0.3 is 5.97 Å². The van der Waals surface area contributed by atoms with Crippen LogP contribution in [0.2, 0.25) is 0 Å². The zero-order chi connectivity index (χ0) is 26.0. The Hall–Kier alpha value is -3.87. The van der Waals surface area contributed by atoms with Crippen LogP contribution in [-0.4, -0.2) is 36.3 Å². The van der Waals surface area contributed by atoms with Crippen LogP contribution in [0.3, 0.4) is 0 Å². The Balaban J connectivity index is 0.00000210. The number of hydrogen-bond acceptors (Lipinski definition) is 6. The van der Waals surface area contributed by atoms with E-state index < -0.39 is 5.97 Å². The summed E-state index contributed by atoms with van der Waals surface area (Å²) in [6.07, 6.45) is 3.39. The van der Waals surface area contributed by atoms with Crippen molar-refractivity contribution in [3.8, 4) is 0 Å². The third-order valence-electron chi connectivity index (χ3n) is 4.99. The molecule has 186 valence electrons. The molecular weight excluding hydrogens is 442 g/mol. The molecule has 0 unspecified atom stereocenters. The Morgan fingerprint density at radius 2 is 1.74 bits per heavy atom. The monoisotopic (exact) mass is 477 g/mol.